The highest BCUT2D eigenvalue weighted by Gasteiger charge is 2.25. The third-order valence-corrected chi connectivity index (χ3v) is 2.85. The van der Waals surface area contributed by atoms with Crippen LogP contribution in [0.15, 0.2) is 12.1 Å². The topological polar surface area (TPSA) is 122 Å². The Bertz CT molecular complexity index is 598. The fraction of sp³-hybridized carbons (Fsp3) is 0.400. The molecule has 0 saturated heterocycles. The molecule has 0 aliphatic heterocycles. The summed E-state index contributed by atoms with van der Waals surface area (Å²) >= 11 is 0. The highest BCUT2D eigenvalue weighted by molar-refractivity contribution is 6.09. The van der Waals surface area contributed by atoms with E-state index in [-0.39, 0.29) is 18.8 Å². The van der Waals surface area contributed by atoms with Crippen molar-refractivity contribution in [3.05, 3.63) is 23.3 Å². The minimum absolute atomic E-state index is 0.0561. The van der Waals surface area contributed by atoms with E-state index >= 15 is 0 Å². The van der Waals surface area contributed by atoms with E-state index in [9.17, 15) is 24.6 Å². The Kier molecular flexibility index (Phi) is 6.85. The van der Waals surface area contributed by atoms with Crippen molar-refractivity contribution in [3.63, 3.8) is 0 Å². The smallest absolute Gasteiger partial charge is 0.411 e. The van der Waals surface area contributed by atoms with Crippen LogP contribution in [0.25, 0.3) is 0 Å². The molecule has 0 saturated carbocycles. The van der Waals surface area contributed by atoms with Crippen LogP contribution in [0.1, 0.15) is 47.4 Å². The standard InChI is InChI=1S/C15H19NO7/c1-3-5-8-23-15(21)16-12-10(17)7-6-9(11(12)13(18)19)14(20)22-4-2/h6-7,17H,3-5,8H2,1-2H3,(H,16,21)(H,18,19). The van der Waals surface area contributed by atoms with Crippen LogP contribution >= 0.6 is 0 Å². The Hall–Kier alpha value is -2.77. The molecule has 3 N–H and O–H groups in total. The zero-order chi connectivity index (χ0) is 17.4. The second-order valence-corrected chi connectivity index (χ2v) is 4.52. The molecule has 8 heteroatoms. The van der Waals surface area contributed by atoms with Crippen LogP contribution in [0.5, 0.6) is 5.75 Å². The molecule has 0 bridgehead atoms. The summed E-state index contributed by atoms with van der Waals surface area (Å²) in [6.07, 6.45) is 0.544. The molecule has 0 atom stereocenters. The maximum atomic E-state index is 11.8. The van der Waals surface area contributed by atoms with E-state index < -0.39 is 35.0 Å². The number of benzene rings is 1. The van der Waals surface area contributed by atoms with Crippen molar-refractivity contribution in [1.29, 1.82) is 0 Å². The van der Waals surface area contributed by atoms with Gasteiger partial charge in [-0.1, -0.05) is 13.3 Å². The molecule has 0 spiro atoms. The Morgan fingerprint density at radius 1 is 1.17 bits per heavy atom. The molecule has 0 unspecified atom stereocenters. The van der Waals surface area contributed by atoms with Crippen LogP contribution in [0.2, 0.25) is 0 Å². The van der Waals surface area contributed by atoms with Crippen LogP contribution in [-0.4, -0.2) is 41.5 Å². The molecule has 1 aromatic rings. The molecule has 0 aliphatic rings. The third kappa shape index (κ3) is 4.87. The van der Waals surface area contributed by atoms with Crippen LogP contribution in [0.4, 0.5) is 10.5 Å². The van der Waals surface area contributed by atoms with Gasteiger partial charge >= 0.3 is 18.0 Å². The number of amides is 1. The summed E-state index contributed by atoms with van der Waals surface area (Å²) < 4.78 is 9.62. The number of unbranched alkanes of at least 4 members (excludes halogenated alkanes) is 1. The molecule has 0 radical (unpaired) electrons. The molecule has 126 valence electrons. The number of phenolic OH excluding ortho intramolecular Hbond substituents is 1. The summed E-state index contributed by atoms with van der Waals surface area (Å²) in [6, 6.07) is 2.21. The van der Waals surface area contributed by atoms with Crippen molar-refractivity contribution < 1.29 is 34.1 Å². The Balaban J connectivity index is 3.14. The minimum Gasteiger partial charge on any atom is -0.506 e. The second-order valence-electron chi connectivity index (χ2n) is 4.52. The number of carbonyl (C=O) groups excluding carboxylic acids is 2. The van der Waals surface area contributed by atoms with Crippen LogP contribution in [0, 0.1) is 0 Å². The van der Waals surface area contributed by atoms with Gasteiger partial charge in [0.1, 0.15) is 17.0 Å². The Morgan fingerprint density at radius 3 is 2.43 bits per heavy atom. The highest BCUT2D eigenvalue weighted by atomic mass is 16.5. The minimum atomic E-state index is -1.49. The first kappa shape index (κ1) is 18.3. The number of aromatic carboxylic acids is 1. The zero-order valence-corrected chi connectivity index (χ0v) is 12.9. The van der Waals surface area contributed by atoms with Gasteiger partial charge in [-0.05, 0) is 25.5 Å². The van der Waals surface area contributed by atoms with E-state index in [2.05, 4.69) is 5.32 Å². The number of nitrogens with one attached hydrogen (secondary N) is 1. The molecule has 1 aromatic carbocycles. The monoisotopic (exact) mass is 325 g/mol. The van der Waals surface area contributed by atoms with Crippen molar-refractivity contribution in [2.45, 2.75) is 26.7 Å². The van der Waals surface area contributed by atoms with Crippen LogP contribution in [-0.2, 0) is 9.47 Å². The summed E-state index contributed by atoms with van der Waals surface area (Å²) in [5.41, 5.74) is -1.25. The van der Waals surface area contributed by atoms with Gasteiger partial charge in [0, 0.05) is 0 Å². The quantitative estimate of drug-likeness (QED) is 0.400. The van der Waals surface area contributed by atoms with Crippen LogP contribution < -0.4 is 5.32 Å². The number of ether oxygens (including phenoxy) is 2. The lowest BCUT2D eigenvalue weighted by Crippen LogP contribution is -2.19. The largest absolute Gasteiger partial charge is 0.506 e. The number of hydrogen-bond donors (Lipinski definition) is 3. The predicted octanol–water partition coefficient (Wildman–Crippen LogP) is 2.62. The van der Waals surface area contributed by atoms with E-state index in [1.807, 2.05) is 6.92 Å². The average molecular weight is 325 g/mol. The fourth-order valence-corrected chi connectivity index (χ4v) is 1.77. The molecular weight excluding hydrogens is 306 g/mol. The number of hydrogen-bond acceptors (Lipinski definition) is 6. The van der Waals surface area contributed by atoms with E-state index in [1.165, 1.54) is 0 Å². The van der Waals surface area contributed by atoms with Gasteiger partial charge in [-0.3, -0.25) is 5.32 Å². The van der Waals surface area contributed by atoms with Crippen molar-refractivity contribution in [3.8, 4) is 5.75 Å². The van der Waals surface area contributed by atoms with Gasteiger partial charge in [-0.2, -0.15) is 0 Å². The number of phenols is 1. The number of carboxylic acid groups (broad SMARTS) is 1. The number of rotatable bonds is 7. The average Bonchev–Trinajstić information content (AvgIpc) is 2.49. The van der Waals surface area contributed by atoms with E-state index in [1.54, 1.807) is 6.92 Å². The van der Waals surface area contributed by atoms with Gasteiger partial charge < -0.3 is 19.7 Å². The first-order valence-electron chi connectivity index (χ1n) is 7.12. The van der Waals surface area contributed by atoms with E-state index in [0.29, 0.717) is 6.42 Å². The first-order valence-corrected chi connectivity index (χ1v) is 7.12. The van der Waals surface area contributed by atoms with Crippen molar-refractivity contribution in [2.24, 2.45) is 0 Å². The summed E-state index contributed by atoms with van der Waals surface area (Å²) in [4.78, 5) is 34.9. The maximum absolute atomic E-state index is 11.8. The zero-order valence-electron chi connectivity index (χ0n) is 12.9. The van der Waals surface area contributed by atoms with Crippen molar-refractivity contribution >= 4 is 23.7 Å². The van der Waals surface area contributed by atoms with Crippen molar-refractivity contribution in [2.75, 3.05) is 18.5 Å². The highest BCUT2D eigenvalue weighted by Crippen LogP contribution is 2.31. The second kappa shape index (κ2) is 8.62. The molecule has 0 fully saturated rings. The lowest BCUT2D eigenvalue weighted by Gasteiger charge is -2.13. The maximum Gasteiger partial charge on any atom is 0.411 e. The molecular formula is C15H19NO7. The molecule has 0 aromatic heterocycles. The summed E-state index contributed by atoms with van der Waals surface area (Å²) in [5.74, 6) is -2.86. The summed E-state index contributed by atoms with van der Waals surface area (Å²) in [5, 5.41) is 21.3. The first-order chi connectivity index (χ1) is 10.9. The number of anilines is 1. The number of aromatic hydroxyl groups is 1. The number of carboxylic acids is 1. The van der Waals surface area contributed by atoms with E-state index in [0.717, 1.165) is 18.6 Å². The lowest BCUT2D eigenvalue weighted by molar-refractivity contribution is 0.0514. The van der Waals surface area contributed by atoms with Gasteiger partial charge in [0.2, 0.25) is 0 Å². The van der Waals surface area contributed by atoms with Gasteiger partial charge in [-0.15, -0.1) is 0 Å². The molecule has 0 aliphatic carbocycles. The molecule has 23 heavy (non-hydrogen) atoms. The molecule has 1 amide bonds. The molecule has 8 nitrogen and oxygen atoms in total. The summed E-state index contributed by atoms with van der Waals surface area (Å²) in [6.45, 7) is 3.70. The SMILES string of the molecule is CCCCOC(=O)Nc1c(O)ccc(C(=O)OCC)c1C(=O)O. The Morgan fingerprint density at radius 2 is 1.87 bits per heavy atom. The van der Waals surface area contributed by atoms with Gasteiger partial charge in [0.05, 0.1) is 18.8 Å². The molecule has 0 heterocycles. The Labute approximate surface area is 133 Å². The van der Waals surface area contributed by atoms with E-state index in [4.69, 9.17) is 9.47 Å². The van der Waals surface area contributed by atoms with Gasteiger partial charge in [0.15, 0.2) is 0 Å². The van der Waals surface area contributed by atoms with Crippen molar-refractivity contribution in [1.82, 2.24) is 0 Å². The van der Waals surface area contributed by atoms with Gasteiger partial charge in [-0.25, -0.2) is 14.4 Å². The fourth-order valence-electron chi connectivity index (χ4n) is 1.77. The summed E-state index contributed by atoms with van der Waals surface area (Å²) in [7, 11) is 0. The van der Waals surface area contributed by atoms with Crippen LogP contribution in [0.3, 0.4) is 0 Å². The third-order valence-electron chi connectivity index (χ3n) is 2.85. The molecule has 1 rings (SSSR count). The normalized spacial score (nSPS) is 10.0. The predicted molar refractivity (Wildman–Crippen MR) is 80.9 cm³/mol. The van der Waals surface area contributed by atoms with Gasteiger partial charge in [0.25, 0.3) is 0 Å². The lowest BCUT2D eigenvalue weighted by atomic mass is 10.0. The number of carbonyl (C=O) groups is 3. The number of esters is 1.